The van der Waals surface area contributed by atoms with Crippen molar-refractivity contribution in [2.45, 2.75) is 37.5 Å². The zero-order valence-corrected chi connectivity index (χ0v) is 13.1. The van der Waals surface area contributed by atoms with Crippen molar-refractivity contribution in [1.82, 2.24) is 4.72 Å². The second kappa shape index (κ2) is 7.72. The van der Waals surface area contributed by atoms with Gasteiger partial charge in [0.1, 0.15) is 5.82 Å². The lowest BCUT2D eigenvalue weighted by molar-refractivity contribution is 0.0696. The Morgan fingerprint density at radius 3 is 2.57 bits per heavy atom. The van der Waals surface area contributed by atoms with Gasteiger partial charge in [0.15, 0.2) is 0 Å². The molecule has 2 N–H and O–H groups in total. The first kappa shape index (κ1) is 17.9. The topological polar surface area (TPSA) is 83.5 Å². The lowest BCUT2D eigenvalue weighted by atomic mass is 10.2. The molecule has 5 nitrogen and oxygen atoms in total. The lowest BCUT2D eigenvalue weighted by Gasteiger charge is -2.09. The Balaban J connectivity index is 2.91. The number of carboxylic acid groups (broad SMARTS) is 1. The summed E-state index contributed by atoms with van der Waals surface area (Å²) in [5.41, 5.74) is -0.581. The number of aromatic carboxylic acids is 1. The summed E-state index contributed by atoms with van der Waals surface area (Å²) in [5.74, 6) is -2.57. The molecule has 1 aromatic carbocycles. The van der Waals surface area contributed by atoms with Gasteiger partial charge in [-0.05, 0) is 18.6 Å². The highest BCUT2D eigenvalue weighted by molar-refractivity contribution is 7.89. The van der Waals surface area contributed by atoms with Gasteiger partial charge in [0.05, 0.1) is 15.5 Å². The van der Waals surface area contributed by atoms with Crippen molar-refractivity contribution >= 4 is 27.6 Å². The molecule has 0 aromatic heterocycles. The van der Waals surface area contributed by atoms with E-state index in [1.807, 2.05) is 6.92 Å². The van der Waals surface area contributed by atoms with E-state index in [0.717, 1.165) is 25.3 Å². The SMILES string of the molecule is CCCCCCNS(=O)(=O)c1cc(F)c(Cl)c(C(=O)O)c1. The Labute approximate surface area is 128 Å². The smallest absolute Gasteiger partial charge is 0.337 e. The largest absolute Gasteiger partial charge is 0.478 e. The number of benzene rings is 1. The fourth-order valence-electron chi connectivity index (χ4n) is 1.72. The van der Waals surface area contributed by atoms with E-state index in [1.54, 1.807) is 0 Å². The molecule has 8 heteroatoms. The van der Waals surface area contributed by atoms with E-state index in [1.165, 1.54) is 0 Å². The zero-order valence-electron chi connectivity index (χ0n) is 11.5. The number of carbonyl (C=O) groups is 1. The van der Waals surface area contributed by atoms with E-state index in [2.05, 4.69) is 4.72 Å². The van der Waals surface area contributed by atoms with Gasteiger partial charge in [-0.15, -0.1) is 0 Å². The van der Waals surface area contributed by atoms with Crippen LogP contribution in [0.2, 0.25) is 5.02 Å². The maximum Gasteiger partial charge on any atom is 0.337 e. The van der Waals surface area contributed by atoms with Crippen LogP contribution in [0.3, 0.4) is 0 Å². The van der Waals surface area contributed by atoms with E-state index in [0.29, 0.717) is 12.5 Å². The van der Waals surface area contributed by atoms with Crippen LogP contribution in [0.25, 0.3) is 0 Å². The number of rotatable bonds is 8. The number of sulfonamides is 1. The molecule has 1 aromatic rings. The standard InChI is InChI=1S/C13H17ClFNO4S/c1-2-3-4-5-6-16-21(19,20)9-7-10(13(17)18)12(14)11(15)8-9/h7-8,16H,2-6H2,1H3,(H,17,18). The van der Waals surface area contributed by atoms with Crippen LogP contribution in [0.1, 0.15) is 43.0 Å². The Morgan fingerprint density at radius 1 is 1.33 bits per heavy atom. The molecule has 1 rings (SSSR count). The number of carboxylic acids is 1. The van der Waals surface area contributed by atoms with Crippen LogP contribution in [0, 0.1) is 5.82 Å². The summed E-state index contributed by atoms with van der Waals surface area (Å²) < 4.78 is 39.8. The molecule has 0 radical (unpaired) electrons. The van der Waals surface area contributed by atoms with Gasteiger partial charge in [-0.3, -0.25) is 0 Å². The van der Waals surface area contributed by atoms with Crippen LogP contribution >= 0.6 is 11.6 Å². The summed E-state index contributed by atoms with van der Waals surface area (Å²) in [5, 5.41) is 8.28. The van der Waals surface area contributed by atoms with Gasteiger partial charge < -0.3 is 5.11 Å². The monoisotopic (exact) mass is 337 g/mol. The van der Waals surface area contributed by atoms with Crippen LogP contribution in [0.15, 0.2) is 17.0 Å². The highest BCUT2D eigenvalue weighted by Gasteiger charge is 2.21. The Bertz CT molecular complexity index is 619. The first-order valence-corrected chi connectivity index (χ1v) is 8.37. The van der Waals surface area contributed by atoms with E-state index in [9.17, 15) is 17.6 Å². The second-order valence-electron chi connectivity index (χ2n) is 4.53. The minimum absolute atomic E-state index is 0.217. The molecule has 0 saturated carbocycles. The summed E-state index contributed by atoms with van der Waals surface area (Å²) in [6.07, 6.45) is 3.57. The van der Waals surface area contributed by atoms with Gasteiger partial charge in [0.25, 0.3) is 0 Å². The van der Waals surface area contributed by atoms with Gasteiger partial charge in [-0.1, -0.05) is 37.8 Å². The summed E-state index contributed by atoms with van der Waals surface area (Å²) in [6.45, 7) is 2.25. The van der Waals surface area contributed by atoms with Crippen molar-refractivity contribution < 1.29 is 22.7 Å². The zero-order chi connectivity index (χ0) is 16.0. The lowest BCUT2D eigenvalue weighted by Crippen LogP contribution is -2.25. The molecule has 0 amide bonds. The van der Waals surface area contributed by atoms with Crippen molar-refractivity contribution in [3.63, 3.8) is 0 Å². The molecule has 0 fully saturated rings. The predicted octanol–water partition coefficient (Wildman–Crippen LogP) is 3.04. The van der Waals surface area contributed by atoms with Gasteiger partial charge >= 0.3 is 5.97 Å². The van der Waals surface area contributed by atoms with Crippen molar-refractivity contribution in [2.24, 2.45) is 0 Å². The molecule has 21 heavy (non-hydrogen) atoms. The van der Waals surface area contributed by atoms with Gasteiger partial charge in [-0.25, -0.2) is 22.3 Å². The van der Waals surface area contributed by atoms with Crippen molar-refractivity contribution in [3.8, 4) is 0 Å². The third-order valence-corrected chi connectivity index (χ3v) is 4.69. The van der Waals surface area contributed by atoms with Crippen LogP contribution in [-0.4, -0.2) is 26.0 Å². The van der Waals surface area contributed by atoms with Gasteiger partial charge in [-0.2, -0.15) is 0 Å². The quantitative estimate of drug-likeness (QED) is 0.714. The van der Waals surface area contributed by atoms with E-state index in [4.69, 9.17) is 16.7 Å². The fourth-order valence-corrected chi connectivity index (χ4v) is 3.02. The number of hydrogen-bond donors (Lipinski definition) is 2. The van der Waals surface area contributed by atoms with E-state index in [-0.39, 0.29) is 6.54 Å². The average molecular weight is 338 g/mol. The van der Waals surface area contributed by atoms with Crippen LogP contribution in [0.4, 0.5) is 4.39 Å². The molecule has 0 atom stereocenters. The van der Waals surface area contributed by atoms with Crippen LogP contribution in [-0.2, 0) is 10.0 Å². The van der Waals surface area contributed by atoms with Crippen molar-refractivity contribution in [1.29, 1.82) is 0 Å². The van der Waals surface area contributed by atoms with Crippen molar-refractivity contribution in [2.75, 3.05) is 6.54 Å². The Kier molecular flexibility index (Phi) is 6.57. The third kappa shape index (κ3) is 4.94. The van der Waals surface area contributed by atoms with Crippen LogP contribution < -0.4 is 4.72 Å². The highest BCUT2D eigenvalue weighted by atomic mass is 35.5. The first-order chi connectivity index (χ1) is 9.79. The third-order valence-electron chi connectivity index (χ3n) is 2.86. The number of nitrogens with one attached hydrogen (secondary N) is 1. The summed E-state index contributed by atoms with van der Waals surface area (Å²) in [4.78, 5) is 10.5. The van der Waals surface area contributed by atoms with Gasteiger partial charge in [0, 0.05) is 6.54 Å². The van der Waals surface area contributed by atoms with Gasteiger partial charge in [0.2, 0.25) is 10.0 Å². The number of hydrogen-bond acceptors (Lipinski definition) is 3. The molecule has 0 saturated heterocycles. The molecule has 0 aliphatic heterocycles. The summed E-state index contributed by atoms with van der Waals surface area (Å²) in [6, 6.07) is 1.56. The maximum atomic E-state index is 13.5. The molecule has 0 aliphatic rings. The number of halogens is 2. The molecule has 0 bridgehead atoms. The molecule has 0 aliphatic carbocycles. The Morgan fingerprint density at radius 2 is 2.00 bits per heavy atom. The summed E-state index contributed by atoms with van der Waals surface area (Å²) in [7, 11) is -3.95. The van der Waals surface area contributed by atoms with E-state index < -0.39 is 37.3 Å². The fraction of sp³-hybridized carbons (Fsp3) is 0.462. The second-order valence-corrected chi connectivity index (χ2v) is 6.68. The minimum Gasteiger partial charge on any atom is -0.478 e. The normalized spacial score (nSPS) is 11.6. The average Bonchev–Trinajstić information content (AvgIpc) is 2.40. The number of unbranched alkanes of at least 4 members (excludes halogenated alkanes) is 3. The van der Waals surface area contributed by atoms with Crippen molar-refractivity contribution in [3.05, 3.63) is 28.5 Å². The summed E-state index contributed by atoms with van der Waals surface area (Å²) >= 11 is 5.50. The highest BCUT2D eigenvalue weighted by Crippen LogP contribution is 2.24. The molecule has 0 heterocycles. The maximum absolute atomic E-state index is 13.5. The van der Waals surface area contributed by atoms with Crippen LogP contribution in [0.5, 0.6) is 0 Å². The molecule has 0 unspecified atom stereocenters. The molecular formula is C13H17ClFNO4S. The minimum atomic E-state index is -3.95. The molecule has 0 spiro atoms. The first-order valence-electron chi connectivity index (χ1n) is 6.51. The molecular weight excluding hydrogens is 321 g/mol. The predicted molar refractivity (Wildman–Crippen MR) is 77.7 cm³/mol. The Hall–Kier alpha value is -1.18. The van der Waals surface area contributed by atoms with E-state index >= 15 is 0 Å². The molecule has 118 valence electrons.